The lowest BCUT2D eigenvalue weighted by Crippen LogP contribution is -2.53. The van der Waals surface area contributed by atoms with Crippen molar-refractivity contribution in [1.29, 1.82) is 0 Å². The number of piperidine rings is 1. The van der Waals surface area contributed by atoms with Gasteiger partial charge < -0.3 is 10.2 Å². The minimum absolute atomic E-state index is 0.0482. The lowest BCUT2D eigenvalue weighted by molar-refractivity contribution is -0.143. The van der Waals surface area contributed by atoms with Crippen LogP contribution in [0.1, 0.15) is 70.6 Å². The number of hydrogen-bond acceptors (Lipinski definition) is 3. The summed E-state index contributed by atoms with van der Waals surface area (Å²) >= 11 is 0. The van der Waals surface area contributed by atoms with Crippen molar-refractivity contribution in [2.75, 3.05) is 13.1 Å². The van der Waals surface area contributed by atoms with Crippen LogP contribution in [0.4, 0.5) is 4.79 Å². The second-order valence-corrected chi connectivity index (χ2v) is 8.31. The van der Waals surface area contributed by atoms with Crippen LogP contribution in [-0.2, 0) is 9.59 Å². The molecule has 4 rings (SSSR count). The first-order chi connectivity index (χ1) is 12.1. The summed E-state index contributed by atoms with van der Waals surface area (Å²) in [5, 5.41) is 2.90. The van der Waals surface area contributed by atoms with Crippen LogP contribution in [0.2, 0.25) is 0 Å². The van der Waals surface area contributed by atoms with Gasteiger partial charge in [-0.3, -0.25) is 14.5 Å². The van der Waals surface area contributed by atoms with Crippen LogP contribution in [0.15, 0.2) is 0 Å². The summed E-state index contributed by atoms with van der Waals surface area (Å²) in [7, 11) is 0. The maximum absolute atomic E-state index is 12.9. The van der Waals surface area contributed by atoms with Crippen molar-refractivity contribution in [1.82, 2.24) is 15.1 Å². The molecule has 0 radical (unpaired) electrons. The number of carbonyl (C=O) groups excluding carboxylic acids is 3. The predicted molar refractivity (Wildman–Crippen MR) is 92.8 cm³/mol. The Morgan fingerprint density at radius 2 is 1.72 bits per heavy atom. The summed E-state index contributed by atoms with van der Waals surface area (Å²) < 4.78 is 0. The van der Waals surface area contributed by atoms with E-state index in [4.69, 9.17) is 0 Å². The highest BCUT2D eigenvalue weighted by Gasteiger charge is 2.52. The second kappa shape index (κ2) is 6.61. The molecule has 0 aromatic heterocycles. The molecule has 4 amide bonds. The fourth-order valence-electron chi connectivity index (χ4n) is 5.47. The zero-order chi connectivity index (χ0) is 17.4. The Morgan fingerprint density at radius 1 is 1.00 bits per heavy atom. The van der Waals surface area contributed by atoms with E-state index in [1.54, 1.807) is 0 Å². The third-order valence-electron chi connectivity index (χ3n) is 6.81. The summed E-state index contributed by atoms with van der Waals surface area (Å²) in [5.41, 5.74) is -0.731. The molecule has 6 heteroatoms. The van der Waals surface area contributed by atoms with Gasteiger partial charge in [-0.15, -0.1) is 0 Å². The van der Waals surface area contributed by atoms with Gasteiger partial charge in [0.05, 0.1) is 0 Å². The highest BCUT2D eigenvalue weighted by Crippen LogP contribution is 2.36. The monoisotopic (exact) mass is 347 g/mol. The zero-order valence-corrected chi connectivity index (χ0v) is 15.0. The van der Waals surface area contributed by atoms with E-state index >= 15 is 0 Å². The number of carbonyl (C=O) groups is 3. The molecule has 4 fully saturated rings. The Bertz CT molecular complexity index is 568. The summed E-state index contributed by atoms with van der Waals surface area (Å²) in [5.74, 6) is 0.384. The normalized spacial score (nSPS) is 31.8. The van der Waals surface area contributed by atoms with Gasteiger partial charge in [-0.2, -0.15) is 0 Å². The van der Waals surface area contributed by atoms with Crippen molar-refractivity contribution < 1.29 is 14.4 Å². The summed E-state index contributed by atoms with van der Waals surface area (Å²) in [4.78, 5) is 41.3. The molecule has 1 N–H and O–H groups in total. The number of nitrogens with zero attached hydrogens (tertiary/aromatic N) is 2. The van der Waals surface area contributed by atoms with Gasteiger partial charge in [-0.05, 0) is 44.4 Å². The van der Waals surface area contributed by atoms with Crippen molar-refractivity contribution in [2.45, 2.75) is 82.2 Å². The highest BCUT2D eigenvalue weighted by atomic mass is 16.2. The van der Waals surface area contributed by atoms with E-state index in [0.717, 1.165) is 38.6 Å². The lowest BCUT2D eigenvalue weighted by atomic mass is 9.78. The van der Waals surface area contributed by atoms with Gasteiger partial charge in [-0.1, -0.05) is 32.1 Å². The Balaban J connectivity index is 1.45. The van der Waals surface area contributed by atoms with Crippen LogP contribution < -0.4 is 5.32 Å². The van der Waals surface area contributed by atoms with E-state index in [-0.39, 0.29) is 24.4 Å². The van der Waals surface area contributed by atoms with Gasteiger partial charge in [0.1, 0.15) is 12.1 Å². The molecule has 0 aromatic rings. The van der Waals surface area contributed by atoms with E-state index in [2.05, 4.69) is 5.32 Å². The van der Waals surface area contributed by atoms with Gasteiger partial charge >= 0.3 is 6.03 Å². The Hall–Kier alpha value is -1.59. The topological polar surface area (TPSA) is 69.7 Å². The summed E-state index contributed by atoms with van der Waals surface area (Å²) in [6.07, 6.45) is 11.4. The average Bonchev–Trinajstić information content (AvgIpc) is 2.86. The van der Waals surface area contributed by atoms with Crippen LogP contribution in [0, 0.1) is 5.92 Å². The number of likely N-dealkylation sites (tertiary alicyclic amines) is 1. The van der Waals surface area contributed by atoms with Crippen LogP contribution in [-0.4, -0.2) is 52.3 Å². The first kappa shape index (κ1) is 16.9. The van der Waals surface area contributed by atoms with Crippen molar-refractivity contribution in [2.24, 2.45) is 5.92 Å². The van der Waals surface area contributed by atoms with Gasteiger partial charge in [0.25, 0.3) is 5.91 Å². The summed E-state index contributed by atoms with van der Waals surface area (Å²) in [6.45, 7) is 0.685. The molecule has 2 aliphatic carbocycles. The van der Waals surface area contributed by atoms with Crippen LogP contribution in [0.25, 0.3) is 0 Å². The average molecular weight is 347 g/mol. The molecule has 2 atom stereocenters. The van der Waals surface area contributed by atoms with Crippen LogP contribution >= 0.6 is 0 Å². The number of fused-ring (bicyclic) bond motifs is 1. The fourth-order valence-corrected chi connectivity index (χ4v) is 5.47. The number of amides is 4. The molecule has 2 aliphatic heterocycles. The fraction of sp³-hybridized carbons (Fsp3) is 0.842. The maximum atomic E-state index is 12.9. The molecule has 0 aromatic carbocycles. The lowest BCUT2D eigenvalue weighted by Gasteiger charge is -2.44. The van der Waals surface area contributed by atoms with Gasteiger partial charge in [-0.25, -0.2) is 4.79 Å². The van der Waals surface area contributed by atoms with E-state index in [9.17, 15) is 14.4 Å². The molecule has 0 bridgehead atoms. The zero-order valence-electron chi connectivity index (χ0n) is 15.0. The molecule has 2 saturated carbocycles. The molecular formula is C19H29N3O3. The van der Waals surface area contributed by atoms with Crippen molar-refractivity contribution in [3.05, 3.63) is 0 Å². The molecule has 4 aliphatic rings. The maximum Gasteiger partial charge on any atom is 0.325 e. The third kappa shape index (κ3) is 2.93. The smallest absolute Gasteiger partial charge is 0.325 e. The number of hydrogen-bond donors (Lipinski definition) is 1. The SMILES string of the molecule is O=C1NC2(CCCCC2)C(=O)N1CC(=O)N1CCC[C@H]2CCCC[C@@H]21. The molecule has 138 valence electrons. The van der Waals surface area contributed by atoms with Crippen molar-refractivity contribution in [3.63, 3.8) is 0 Å². The largest absolute Gasteiger partial charge is 0.338 e. The Kier molecular flexibility index (Phi) is 4.46. The Morgan fingerprint density at radius 3 is 2.52 bits per heavy atom. The predicted octanol–water partition coefficient (Wildman–Crippen LogP) is 2.42. The van der Waals surface area contributed by atoms with E-state index in [1.807, 2.05) is 4.90 Å². The van der Waals surface area contributed by atoms with E-state index < -0.39 is 5.54 Å². The minimum atomic E-state index is -0.731. The van der Waals surface area contributed by atoms with E-state index in [0.29, 0.717) is 24.8 Å². The second-order valence-electron chi connectivity index (χ2n) is 8.31. The number of rotatable bonds is 2. The van der Waals surface area contributed by atoms with Crippen LogP contribution in [0.3, 0.4) is 0 Å². The Labute approximate surface area is 149 Å². The third-order valence-corrected chi connectivity index (χ3v) is 6.81. The molecule has 25 heavy (non-hydrogen) atoms. The first-order valence-electron chi connectivity index (χ1n) is 10.0. The number of imide groups is 1. The van der Waals surface area contributed by atoms with E-state index in [1.165, 1.54) is 30.6 Å². The highest BCUT2D eigenvalue weighted by molar-refractivity contribution is 6.09. The minimum Gasteiger partial charge on any atom is -0.338 e. The molecule has 2 heterocycles. The molecule has 2 saturated heterocycles. The number of nitrogens with one attached hydrogen (secondary N) is 1. The van der Waals surface area contributed by atoms with Crippen molar-refractivity contribution in [3.8, 4) is 0 Å². The van der Waals surface area contributed by atoms with Crippen LogP contribution in [0.5, 0.6) is 0 Å². The molecular weight excluding hydrogens is 318 g/mol. The number of urea groups is 1. The molecule has 0 unspecified atom stereocenters. The van der Waals surface area contributed by atoms with Crippen molar-refractivity contribution >= 4 is 17.8 Å². The standard InChI is InChI=1S/C19H29N3O3/c23-16(21-12-6-8-14-7-2-3-9-15(14)21)13-22-17(24)19(20-18(22)25)10-4-1-5-11-19/h14-15H,1-13H2,(H,20,25)/t14-,15+/m1/s1. The molecule has 6 nitrogen and oxygen atoms in total. The quantitative estimate of drug-likeness (QED) is 0.780. The van der Waals surface area contributed by atoms with Gasteiger partial charge in [0.15, 0.2) is 0 Å². The first-order valence-corrected chi connectivity index (χ1v) is 10.0. The summed E-state index contributed by atoms with van der Waals surface area (Å²) in [6, 6.07) is -0.0585. The molecule has 1 spiro atoms. The van der Waals surface area contributed by atoms with Gasteiger partial charge in [0, 0.05) is 12.6 Å². The van der Waals surface area contributed by atoms with Gasteiger partial charge in [0.2, 0.25) is 5.91 Å².